The Labute approximate surface area is 140 Å². The molecule has 122 valence electrons. The molecule has 6 heteroatoms. The van der Waals surface area contributed by atoms with Crippen molar-refractivity contribution in [3.8, 4) is 0 Å². The highest BCUT2D eigenvalue weighted by atomic mass is 35.5. The zero-order chi connectivity index (χ0) is 14.1. The van der Waals surface area contributed by atoms with Gasteiger partial charge in [0.05, 0.1) is 0 Å². The number of rotatable bonds is 8. The van der Waals surface area contributed by atoms with E-state index in [1.54, 1.807) is 0 Å². The van der Waals surface area contributed by atoms with Crippen LogP contribution in [0.15, 0.2) is 30.3 Å². The number of carbonyl (C=O) groups is 1. The Hall–Kier alpha value is -0.810. The Morgan fingerprint density at radius 2 is 1.71 bits per heavy atom. The summed E-state index contributed by atoms with van der Waals surface area (Å²) in [7, 11) is 5.95. The van der Waals surface area contributed by atoms with Crippen molar-refractivity contribution in [3.63, 3.8) is 0 Å². The number of likely N-dealkylation sites (N-methyl/N-ethyl adjacent to an activating group) is 1. The second-order valence-electron chi connectivity index (χ2n) is 4.89. The first-order valence-corrected chi connectivity index (χ1v) is 6.80. The van der Waals surface area contributed by atoms with Gasteiger partial charge in [-0.1, -0.05) is 18.2 Å². The molecule has 0 spiro atoms. The molecule has 1 N–H and O–H groups in total. The van der Waals surface area contributed by atoms with E-state index in [1.807, 2.05) is 56.4 Å². The molecule has 0 radical (unpaired) electrons. The van der Waals surface area contributed by atoms with E-state index < -0.39 is 0 Å². The molecule has 0 saturated carbocycles. The average molecular weight is 336 g/mol. The molecule has 1 aromatic carbocycles. The van der Waals surface area contributed by atoms with Crippen molar-refractivity contribution in [2.75, 3.05) is 45.7 Å². The minimum atomic E-state index is 0. The molecule has 0 atom stereocenters. The number of hydrogen-bond acceptors (Lipinski definition) is 3. The molecule has 0 fully saturated rings. The molecule has 0 heterocycles. The summed E-state index contributed by atoms with van der Waals surface area (Å²) in [6.07, 6.45) is 1.46. The summed E-state index contributed by atoms with van der Waals surface area (Å²) in [5.74, 6) is 0.198. The van der Waals surface area contributed by atoms with Gasteiger partial charge in [-0.2, -0.15) is 0 Å². The van der Waals surface area contributed by atoms with E-state index in [0.29, 0.717) is 6.42 Å². The van der Waals surface area contributed by atoms with Gasteiger partial charge in [0.2, 0.25) is 5.91 Å². The molecule has 21 heavy (non-hydrogen) atoms. The van der Waals surface area contributed by atoms with Crippen LogP contribution in [0.4, 0.5) is 5.69 Å². The Kier molecular flexibility index (Phi) is 13.8. The Bertz CT molecular complexity index is 374. The van der Waals surface area contributed by atoms with E-state index in [1.165, 1.54) is 0 Å². The first-order chi connectivity index (χ1) is 9.15. The molecule has 0 unspecified atom stereocenters. The number of anilines is 1. The minimum absolute atomic E-state index is 0. The average Bonchev–Trinajstić information content (AvgIpc) is 2.40. The molecule has 1 aromatic rings. The molecule has 0 aromatic heterocycles. The molecule has 0 aliphatic rings. The smallest absolute Gasteiger partial charge is 0.227 e. The SMILES string of the molecule is CNCCCC(=O)N(CCN(C)C)c1ccccc1.Cl.Cl. The van der Waals surface area contributed by atoms with Crippen LogP contribution in [0.2, 0.25) is 0 Å². The Morgan fingerprint density at radius 3 is 2.24 bits per heavy atom. The van der Waals surface area contributed by atoms with Crippen LogP contribution in [-0.2, 0) is 4.79 Å². The summed E-state index contributed by atoms with van der Waals surface area (Å²) in [5, 5.41) is 3.07. The largest absolute Gasteiger partial charge is 0.320 e. The van der Waals surface area contributed by atoms with Gasteiger partial charge in [0.25, 0.3) is 0 Å². The first kappa shape index (κ1) is 22.5. The van der Waals surface area contributed by atoms with Gasteiger partial charge in [0.1, 0.15) is 0 Å². The van der Waals surface area contributed by atoms with Crippen LogP contribution in [0, 0.1) is 0 Å². The molecular weight excluding hydrogens is 309 g/mol. The predicted octanol–water partition coefficient (Wildman–Crippen LogP) is 2.42. The van der Waals surface area contributed by atoms with Crippen LogP contribution in [0.5, 0.6) is 0 Å². The number of para-hydroxylation sites is 1. The fraction of sp³-hybridized carbons (Fsp3) is 0.533. The summed E-state index contributed by atoms with van der Waals surface area (Å²) in [6.45, 7) is 2.48. The molecule has 0 aliphatic carbocycles. The fourth-order valence-corrected chi connectivity index (χ4v) is 1.86. The van der Waals surface area contributed by atoms with Crippen LogP contribution < -0.4 is 10.2 Å². The summed E-state index contributed by atoms with van der Waals surface area (Å²) in [4.78, 5) is 16.3. The standard InChI is InChI=1S/C15H25N3O.2ClH/c1-16-11-7-10-15(19)18(13-12-17(2)3)14-8-5-4-6-9-14;;/h4-6,8-9,16H,7,10-13H2,1-3H3;2*1H. The van der Waals surface area contributed by atoms with Crippen molar-refractivity contribution < 1.29 is 4.79 Å². The van der Waals surface area contributed by atoms with Gasteiger partial charge in [-0.3, -0.25) is 4.79 Å². The number of halogens is 2. The predicted molar refractivity (Wildman–Crippen MR) is 95.0 cm³/mol. The highest BCUT2D eigenvalue weighted by molar-refractivity contribution is 5.93. The highest BCUT2D eigenvalue weighted by Crippen LogP contribution is 2.14. The highest BCUT2D eigenvalue weighted by Gasteiger charge is 2.14. The Morgan fingerprint density at radius 1 is 1.10 bits per heavy atom. The molecule has 0 bridgehead atoms. The zero-order valence-corrected chi connectivity index (χ0v) is 14.7. The lowest BCUT2D eigenvalue weighted by Crippen LogP contribution is -2.36. The van der Waals surface area contributed by atoms with E-state index in [9.17, 15) is 4.79 Å². The number of nitrogens with zero attached hydrogens (tertiary/aromatic N) is 2. The number of carbonyl (C=O) groups excluding carboxylic acids is 1. The summed E-state index contributed by atoms with van der Waals surface area (Å²) in [5.41, 5.74) is 0.985. The van der Waals surface area contributed by atoms with Crippen molar-refractivity contribution in [2.45, 2.75) is 12.8 Å². The van der Waals surface area contributed by atoms with Crippen molar-refractivity contribution in [2.24, 2.45) is 0 Å². The maximum Gasteiger partial charge on any atom is 0.227 e. The summed E-state index contributed by atoms with van der Waals surface area (Å²) >= 11 is 0. The van der Waals surface area contributed by atoms with E-state index in [2.05, 4.69) is 10.2 Å². The van der Waals surface area contributed by atoms with Crippen molar-refractivity contribution in [1.82, 2.24) is 10.2 Å². The van der Waals surface area contributed by atoms with Crippen LogP contribution >= 0.6 is 24.8 Å². The van der Waals surface area contributed by atoms with E-state index >= 15 is 0 Å². The van der Waals surface area contributed by atoms with Crippen LogP contribution in [0.3, 0.4) is 0 Å². The van der Waals surface area contributed by atoms with Crippen LogP contribution in [0.1, 0.15) is 12.8 Å². The van der Waals surface area contributed by atoms with Gasteiger partial charge < -0.3 is 15.1 Å². The van der Waals surface area contributed by atoms with Crippen molar-refractivity contribution in [1.29, 1.82) is 0 Å². The van der Waals surface area contributed by atoms with Gasteiger partial charge in [0.15, 0.2) is 0 Å². The number of benzene rings is 1. The third kappa shape index (κ3) is 8.94. The summed E-state index contributed by atoms with van der Waals surface area (Å²) in [6, 6.07) is 9.90. The van der Waals surface area contributed by atoms with Gasteiger partial charge in [0, 0.05) is 25.2 Å². The lowest BCUT2D eigenvalue weighted by molar-refractivity contribution is -0.118. The normalized spacial score (nSPS) is 9.71. The monoisotopic (exact) mass is 335 g/mol. The fourth-order valence-electron chi connectivity index (χ4n) is 1.86. The van der Waals surface area contributed by atoms with Crippen LogP contribution in [-0.4, -0.2) is 51.6 Å². The molecule has 1 amide bonds. The van der Waals surface area contributed by atoms with E-state index in [4.69, 9.17) is 0 Å². The van der Waals surface area contributed by atoms with Crippen molar-refractivity contribution >= 4 is 36.4 Å². The Balaban J connectivity index is 0. The molecule has 0 aliphatic heterocycles. The van der Waals surface area contributed by atoms with Gasteiger partial charge in [-0.15, -0.1) is 24.8 Å². The first-order valence-electron chi connectivity index (χ1n) is 6.80. The van der Waals surface area contributed by atoms with Crippen molar-refractivity contribution in [3.05, 3.63) is 30.3 Å². The molecule has 4 nitrogen and oxygen atoms in total. The van der Waals surface area contributed by atoms with Crippen LogP contribution in [0.25, 0.3) is 0 Å². The van der Waals surface area contributed by atoms with Gasteiger partial charge in [-0.05, 0) is 46.2 Å². The molecular formula is C15H27Cl2N3O. The van der Waals surface area contributed by atoms with Gasteiger partial charge in [-0.25, -0.2) is 0 Å². The maximum atomic E-state index is 12.3. The zero-order valence-electron chi connectivity index (χ0n) is 13.0. The second-order valence-corrected chi connectivity index (χ2v) is 4.89. The maximum absolute atomic E-state index is 12.3. The third-order valence-electron chi connectivity index (χ3n) is 2.96. The minimum Gasteiger partial charge on any atom is -0.320 e. The number of hydrogen-bond donors (Lipinski definition) is 1. The number of amides is 1. The molecule has 0 saturated heterocycles. The lowest BCUT2D eigenvalue weighted by atomic mass is 10.2. The quantitative estimate of drug-likeness (QED) is 0.741. The van der Waals surface area contributed by atoms with Gasteiger partial charge >= 0.3 is 0 Å². The second kappa shape index (κ2) is 12.9. The molecule has 1 rings (SSSR count). The number of nitrogens with one attached hydrogen (secondary N) is 1. The topological polar surface area (TPSA) is 35.6 Å². The van der Waals surface area contributed by atoms with E-state index in [-0.39, 0.29) is 30.7 Å². The summed E-state index contributed by atoms with van der Waals surface area (Å²) < 4.78 is 0. The third-order valence-corrected chi connectivity index (χ3v) is 2.96. The van der Waals surface area contributed by atoms with E-state index in [0.717, 1.165) is 31.7 Å². The lowest BCUT2D eigenvalue weighted by Gasteiger charge is -2.24.